The number of hydrogen-bond donors (Lipinski definition) is 1. The van der Waals surface area contributed by atoms with E-state index in [0.29, 0.717) is 0 Å². The van der Waals surface area contributed by atoms with E-state index in [1.165, 1.54) is 17.7 Å². The number of allylic oxidation sites excluding steroid dienone is 1. The molecule has 96 valence electrons. The lowest BCUT2D eigenvalue weighted by molar-refractivity contribution is 0.109. The van der Waals surface area contributed by atoms with Crippen molar-refractivity contribution in [2.75, 3.05) is 26.3 Å². The number of benzene rings is 1. The van der Waals surface area contributed by atoms with Crippen molar-refractivity contribution < 1.29 is 9.13 Å². The Morgan fingerprint density at radius 3 is 1.82 bits per heavy atom. The SMILES string of the molecule is C1COCCN1.C=C(C)C.Fc1ccccc1. The average molecular weight is 239 g/mol. The third-order valence-electron chi connectivity index (χ3n) is 1.58. The Bertz CT molecular complexity index is 268. The van der Waals surface area contributed by atoms with Crippen LogP contribution in [-0.4, -0.2) is 26.3 Å². The van der Waals surface area contributed by atoms with Crippen LogP contribution in [0.5, 0.6) is 0 Å². The molecule has 1 fully saturated rings. The monoisotopic (exact) mass is 239 g/mol. The van der Waals surface area contributed by atoms with Crippen molar-refractivity contribution in [2.45, 2.75) is 13.8 Å². The molecule has 0 bridgehead atoms. The van der Waals surface area contributed by atoms with Gasteiger partial charge in [-0.3, -0.25) is 0 Å². The Morgan fingerprint density at radius 1 is 1.18 bits per heavy atom. The smallest absolute Gasteiger partial charge is 0.123 e. The predicted octanol–water partition coefficient (Wildman–Crippen LogP) is 3.01. The maximum atomic E-state index is 11.9. The summed E-state index contributed by atoms with van der Waals surface area (Å²) >= 11 is 0. The van der Waals surface area contributed by atoms with Crippen LogP contribution in [0.3, 0.4) is 0 Å². The highest BCUT2D eigenvalue weighted by molar-refractivity contribution is 5.02. The zero-order valence-electron chi connectivity index (χ0n) is 10.7. The average Bonchev–Trinajstić information content (AvgIpc) is 2.32. The van der Waals surface area contributed by atoms with Crippen LogP contribution in [0.25, 0.3) is 0 Å². The van der Waals surface area contributed by atoms with Crippen molar-refractivity contribution in [1.29, 1.82) is 0 Å². The molecule has 1 N–H and O–H groups in total. The molecule has 0 aliphatic carbocycles. The summed E-state index contributed by atoms with van der Waals surface area (Å²) in [6.07, 6.45) is 0. The van der Waals surface area contributed by atoms with Gasteiger partial charge >= 0.3 is 0 Å². The summed E-state index contributed by atoms with van der Waals surface area (Å²) < 4.78 is 16.9. The summed E-state index contributed by atoms with van der Waals surface area (Å²) in [7, 11) is 0. The van der Waals surface area contributed by atoms with Crippen molar-refractivity contribution in [3.63, 3.8) is 0 Å². The summed E-state index contributed by atoms with van der Waals surface area (Å²) in [6, 6.07) is 7.94. The fraction of sp³-hybridized carbons (Fsp3) is 0.429. The number of rotatable bonds is 0. The molecule has 1 aliphatic rings. The van der Waals surface area contributed by atoms with E-state index in [4.69, 9.17) is 4.74 Å². The van der Waals surface area contributed by atoms with Gasteiger partial charge in [-0.15, -0.1) is 6.58 Å². The van der Waals surface area contributed by atoms with E-state index < -0.39 is 0 Å². The summed E-state index contributed by atoms with van der Waals surface area (Å²) in [4.78, 5) is 0. The Hall–Kier alpha value is -1.19. The van der Waals surface area contributed by atoms with Crippen molar-refractivity contribution >= 4 is 0 Å². The predicted molar refractivity (Wildman–Crippen MR) is 70.6 cm³/mol. The number of halogens is 1. The van der Waals surface area contributed by atoms with Gasteiger partial charge in [-0.2, -0.15) is 0 Å². The topological polar surface area (TPSA) is 21.3 Å². The molecule has 17 heavy (non-hydrogen) atoms. The quantitative estimate of drug-likeness (QED) is 0.703. The van der Waals surface area contributed by atoms with E-state index in [0.717, 1.165) is 26.3 Å². The van der Waals surface area contributed by atoms with Crippen LogP contribution in [0.1, 0.15) is 13.8 Å². The van der Waals surface area contributed by atoms with Crippen molar-refractivity contribution in [2.24, 2.45) is 0 Å². The highest BCUT2D eigenvalue weighted by atomic mass is 19.1. The third-order valence-corrected chi connectivity index (χ3v) is 1.58. The number of nitrogens with one attached hydrogen (secondary N) is 1. The molecule has 1 aliphatic heterocycles. The van der Waals surface area contributed by atoms with E-state index >= 15 is 0 Å². The van der Waals surface area contributed by atoms with Gasteiger partial charge in [0.2, 0.25) is 0 Å². The first-order valence-corrected chi connectivity index (χ1v) is 5.74. The zero-order valence-corrected chi connectivity index (χ0v) is 10.7. The molecule has 0 aromatic heterocycles. The second kappa shape index (κ2) is 11.3. The lowest BCUT2D eigenvalue weighted by Gasteiger charge is -2.10. The molecule has 0 saturated carbocycles. The Morgan fingerprint density at radius 2 is 1.65 bits per heavy atom. The summed E-state index contributed by atoms with van der Waals surface area (Å²) in [5, 5.41) is 3.16. The fourth-order valence-electron chi connectivity index (χ4n) is 0.930. The van der Waals surface area contributed by atoms with Crippen LogP contribution in [0, 0.1) is 5.82 Å². The molecule has 0 radical (unpaired) electrons. The molecule has 2 rings (SSSR count). The van der Waals surface area contributed by atoms with Gasteiger partial charge in [0, 0.05) is 13.1 Å². The molecular formula is C14H22FNO. The van der Waals surface area contributed by atoms with E-state index in [-0.39, 0.29) is 5.82 Å². The largest absolute Gasteiger partial charge is 0.379 e. The number of hydrogen-bond acceptors (Lipinski definition) is 2. The first-order valence-electron chi connectivity index (χ1n) is 5.74. The second-order valence-electron chi connectivity index (χ2n) is 3.87. The highest BCUT2D eigenvalue weighted by Gasteiger charge is 1.92. The molecule has 0 unspecified atom stereocenters. The third kappa shape index (κ3) is 14.8. The van der Waals surface area contributed by atoms with Crippen LogP contribution in [0.2, 0.25) is 0 Å². The van der Waals surface area contributed by atoms with Crippen molar-refractivity contribution in [3.05, 3.63) is 48.3 Å². The number of morpholine rings is 1. The zero-order chi connectivity index (χ0) is 12.9. The number of ether oxygens (including phenoxy) is 1. The van der Waals surface area contributed by atoms with Gasteiger partial charge < -0.3 is 10.1 Å². The molecular weight excluding hydrogens is 217 g/mol. The molecule has 2 nitrogen and oxygen atoms in total. The van der Waals surface area contributed by atoms with Gasteiger partial charge in [0.05, 0.1) is 13.2 Å². The van der Waals surface area contributed by atoms with Gasteiger partial charge in [-0.25, -0.2) is 4.39 Å². The first kappa shape index (κ1) is 15.8. The molecule has 3 heteroatoms. The minimum atomic E-state index is -0.178. The Labute approximate surface area is 103 Å². The summed E-state index contributed by atoms with van der Waals surface area (Å²) in [5.74, 6) is -0.178. The minimum absolute atomic E-state index is 0.178. The molecule has 0 atom stereocenters. The van der Waals surface area contributed by atoms with Gasteiger partial charge in [0.15, 0.2) is 0 Å². The van der Waals surface area contributed by atoms with E-state index in [1.807, 2.05) is 13.8 Å². The standard InChI is InChI=1S/C6H5F.C4H9NO.C4H8/c7-6-4-2-1-3-5-6;1-3-6-4-2-5-1;1-4(2)3/h1-5H;5H,1-4H2;1H2,2-3H3. The lowest BCUT2D eigenvalue weighted by Crippen LogP contribution is -2.30. The van der Waals surface area contributed by atoms with Crippen LogP contribution in [0.4, 0.5) is 4.39 Å². The minimum Gasteiger partial charge on any atom is -0.379 e. The molecule has 1 aromatic rings. The van der Waals surface area contributed by atoms with Gasteiger partial charge in [0.1, 0.15) is 5.82 Å². The van der Waals surface area contributed by atoms with E-state index in [9.17, 15) is 4.39 Å². The van der Waals surface area contributed by atoms with Crippen LogP contribution < -0.4 is 5.32 Å². The Balaban J connectivity index is 0.000000236. The van der Waals surface area contributed by atoms with E-state index in [1.54, 1.807) is 18.2 Å². The molecule has 1 aromatic carbocycles. The van der Waals surface area contributed by atoms with Crippen LogP contribution >= 0.6 is 0 Å². The van der Waals surface area contributed by atoms with Gasteiger partial charge in [-0.1, -0.05) is 23.8 Å². The van der Waals surface area contributed by atoms with Crippen LogP contribution in [-0.2, 0) is 4.74 Å². The van der Waals surface area contributed by atoms with Crippen molar-refractivity contribution in [1.82, 2.24) is 5.32 Å². The maximum absolute atomic E-state index is 11.9. The molecule has 1 heterocycles. The first-order chi connectivity index (χ1) is 8.13. The molecule has 1 saturated heterocycles. The van der Waals surface area contributed by atoms with Gasteiger partial charge in [0.25, 0.3) is 0 Å². The molecule has 0 amide bonds. The Kier molecular flexibility index (Phi) is 10.5. The second-order valence-corrected chi connectivity index (χ2v) is 3.87. The van der Waals surface area contributed by atoms with Crippen LogP contribution in [0.15, 0.2) is 42.5 Å². The van der Waals surface area contributed by atoms with Crippen molar-refractivity contribution in [3.8, 4) is 0 Å². The lowest BCUT2D eigenvalue weighted by atomic mass is 10.4. The normalized spacial score (nSPS) is 13.6. The summed E-state index contributed by atoms with van der Waals surface area (Å²) in [5.41, 5.74) is 1.17. The maximum Gasteiger partial charge on any atom is 0.123 e. The molecule has 0 spiro atoms. The van der Waals surface area contributed by atoms with E-state index in [2.05, 4.69) is 11.9 Å². The van der Waals surface area contributed by atoms with Gasteiger partial charge in [-0.05, 0) is 26.0 Å². The highest BCUT2D eigenvalue weighted by Crippen LogP contribution is 1.91. The summed E-state index contributed by atoms with van der Waals surface area (Å²) in [6.45, 7) is 11.3. The fourth-order valence-corrected chi connectivity index (χ4v) is 0.930.